The van der Waals surface area contributed by atoms with Gasteiger partial charge >= 0.3 is 5.97 Å². The van der Waals surface area contributed by atoms with Gasteiger partial charge < -0.3 is 4.74 Å². The van der Waals surface area contributed by atoms with E-state index in [4.69, 9.17) is 4.74 Å². The van der Waals surface area contributed by atoms with Crippen LogP contribution in [-0.2, 0) is 21.2 Å². The highest BCUT2D eigenvalue weighted by Gasteiger charge is 2.33. The maximum atomic E-state index is 13.4. The van der Waals surface area contributed by atoms with E-state index in [1.807, 2.05) is 30.3 Å². The number of ether oxygens (including phenoxy) is 1. The van der Waals surface area contributed by atoms with Crippen LogP contribution in [0.5, 0.6) is 0 Å². The fourth-order valence-electron chi connectivity index (χ4n) is 4.46. The van der Waals surface area contributed by atoms with Crippen molar-refractivity contribution in [1.29, 1.82) is 0 Å². The summed E-state index contributed by atoms with van der Waals surface area (Å²) in [5.74, 6) is -1.12. The molecule has 7 nitrogen and oxygen atoms in total. The summed E-state index contributed by atoms with van der Waals surface area (Å²) in [6, 6.07) is 17.0. The smallest absolute Gasteiger partial charge is 0.340 e. The van der Waals surface area contributed by atoms with Crippen molar-refractivity contribution in [3.63, 3.8) is 0 Å². The second-order valence-corrected chi connectivity index (χ2v) is 10.5. The summed E-state index contributed by atoms with van der Waals surface area (Å²) in [5.41, 5.74) is 2.05. The molecule has 0 spiro atoms. The van der Waals surface area contributed by atoms with Crippen molar-refractivity contribution in [3.8, 4) is 0 Å². The predicted molar refractivity (Wildman–Crippen MR) is 127 cm³/mol. The van der Waals surface area contributed by atoms with Gasteiger partial charge in [-0.3, -0.25) is 9.36 Å². The molecule has 1 aromatic heterocycles. The molecule has 2 aromatic carbocycles. The van der Waals surface area contributed by atoms with Crippen molar-refractivity contribution in [2.24, 2.45) is 5.92 Å². The molecule has 1 saturated heterocycles. The molecule has 1 atom stereocenters. The number of piperidine rings is 1. The monoisotopic (exact) mass is 468 g/mol. The first kappa shape index (κ1) is 23.2. The van der Waals surface area contributed by atoms with Crippen molar-refractivity contribution >= 4 is 32.8 Å². The number of esters is 1. The predicted octanol–water partition coefficient (Wildman–Crippen LogP) is 3.74. The Labute approximate surface area is 194 Å². The first-order chi connectivity index (χ1) is 15.9. The zero-order chi connectivity index (χ0) is 23.4. The van der Waals surface area contributed by atoms with Gasteiger partial charge in [0.15, 0.2) is 0 Å². The number of aromatic nitrogens is 1. The number of fused-ring (bicyclic) bond motifs is 1. The summed E-state index contributed by atoms with van der Waals surface area (Å²) < 4.78 is 33.7. The third-order valence-corrected chi connectivity index (χ3v) is 8.12. The second-order valence-electron chi connectivity index (χ2n) is 8.36. The van der Waals surface area contributed by atoms with Crippen molar-refractivity contribution in [2.45, 2.75) is 25.7 Å². The lowest BCUT2D eigenvalue weighted by Gasteiger charge is -2.31. The molecule has 0 aliphatic carbocycles. The Kier molecular flexibility index (Phi) is 6.95. The quantitative estimate of drug-likeness (QED) is 0.493. The average molecular weight is 469 g/mol. The average Bonchev–Trinajstić information content (AvgIpc) is 3.23. The van der Waals surface area contributed by atoms with Crippen molar-refractivity contribution in [1.82, 2.24) is 8.87 Å². The Balaban J connectivity index is 1.48. The standard InChI is InChI=1S/C25H28N2O5S/c1-32-25(29)22-18-27(23-14-6-5-13-21(22)23)24(28)20-12-7-15-26(17-20)33(30,31)16-8-11-19-9-3-2-4-10-19/h2-6,9-10,13-14,18,20H,7-8,11-12,15-17H2,1H3/t20-/m0/s1. The lowest BCUT2D eigenvalue weighted by Crippen LogP contribution is -2.44. The molecule has 0 radical (unpaired) electrons. The fraction of sp³-hybridized carbons (Fsp3) is 0.360. The minimum Gasteiger partial charge on any atom is -0.465 e. The number of carbonyl (C=O) groups excluding carboxylic acids is 2. The second kappa shape index (κ2) is 9.89. The van der Waals surface area contributed by atoms with E-state index in [0.717, 1.165) is 5.56 Å². The van der Waals surface area contributed by atoms with Crippen LogP contribution in [0.3, 0.4) is 0 Å². The molecule has 1 aliphatic rings. The van der Waals surface area contributed by atoms with Crippen LogP contribution in [0.15, 0.2) is 60.8 Å². The minimum atomic E-state index is -3.46. The third-order valence-electron chi connectivity index (χ3n) is 6.19. The molecule has 0 saturated carbocycles. The Bertz CT molecular complexity index is 1250. The van der Waals surface area contributed by atoms with Crippen LogP contribution in [0.1, 0.15) is 40.0 Å². The van der Waals surface area contributed by atoms with Crippen LogP contribution in [0.25, 0.3) is 10.9 Å². The maximum absolute atomic E-state index is 13.4. The molecule has 0 N–H and O–H groups in total. The number of hydrogen-bond donors (Lipinski definition) is 0. The van der Waals surface area contributed by atoms with Gasteiger partial charge in [0.25, 0.3) is 0 Å². The highest BCUT2D eigenvalue weighted by molar-refractivity contribution is 7.89. The molecule has 1 aliphatic heterocycles. The number of rotatable bonds is 7. The van der Waals surface area contributed by atoms with Gasteiger partial charge in [0.05, 0.1) is 29.9 Å². The number of para-hydroxylation sites is 1. The highest BCUT2D eigenvalue weighted by Crippen LogP contribution is 2.27. The minimum absolute atomic E-state index is 0.0573. The summed E-state index contributed by atoms with van der Waals surface area (Å²) in [4.78, 5) is 25.6. The number of nitrogens with zero attached hydrogens (tertiary/aromatic N) is 2. The van der Waals surface area contributed by atoms with Crippen LogP contribution in [0.4, 0.5) is 0 Å². The van der Waals surface area contributed by atoms with E-state index in [-0.39, 0.29) is 18.2 Å². The Morgan fingerprint density at radius 3 is 2.55 bits per heavy atom. The van der Waals surface area contributed by atoms with Crippen molar-refractivity contribution < 1.29 is 22.7 Å². The first-order valence-corrected chi connectivity index (χ1v) is 12.8. The molecule has 174 valence electrons. The Morgan fingerprint density at radius 2 is 1.79 bits per heavy atom. The normalized spacial score (nSPS) is 17.2. The Morgan fingerprint density at radius 1 is 1.06 bits per heavy atom. The SMILES string of the molecule is COC(=O)c1cn(C(=O)[C@H]2CCCN(S(=O)(=O)CCCc3ccccc3)C2)c2ccccc12. The number of aryl methyl sites for hydroxylation is 1. The van der Waals surface area contributed by atoms with Crippen LogP contribution in [0.2, 0.25) is 0 Å². The van der Waals surface area contributed by atoms with E-state index >= 15 is 0 Å². The fourth-order valence-corrected chi connectivity index (χ4v) is 6.04. The molecule has 0 amide bonds. The summed E-state index contributed by atoms with van der Waals surface area (Å²) in [5, 5.41) is 0.638. The summed E-state index contributed by atoms with van der Waals surface area (Å²) in [6.45, 7) is 0.587. The van der Waals surface area contributed by atoms with Gasteiger partial charge in [0.2, 0.25) is 15.9 Å². The van der Waals surface area contributed by atoms with E-state index in [2.05, 4.69) is 0 Å². The molecule has 4 rings (SSSR count). The van der Waals surface area contributed by atoms with Crippen molar-refractivity contribution in [3.05, 3.63) is 71.9 Å². The van der Waals surface area contributed by atoms with Gasteiger partial charge in [-0.1, -0.05) is 48.5 Å². The molecular formula is C25H28N2O5S. The van der Waals surface area contributed by atoms with Crippen LogP contribution in [0, 0.1) is 5.92 Å². The van der Waals surface area contributed by atoms with Crippen LogP contribution >= 0.6 is 0 Å². The van der Waals surface area contributed by atoms with Gasteiger partial charge in [-0.05, 0) is 37.3 Å². The van der Waals surface area contributed by atoms with Gasteiger partial charge in [-0.25, -0.2) is 17.5 Å². The Hall–Kier alpha value is -2.97. The number of sulfonamides is 1. The van der Waals surface area contributed by atoms with E-state index in [1.165, 1.54) is 22.2 Å². The first-order valence-electron chi connectivity index (χ1n) is 11.1. The van der Waals surface area contributed by atoms with E-state index in [0.29, 0.717) is 48.7 Å². The van der Waals surface area contributed by atoms with Crippen molar-refractivity contribution in [2.75, 3.05) is 26.0 Å². The zero-order valence-corrected chi connectivity index (χ0v) is 19.5. The van der Waals surface area contributed by atoms with E-state index < -0.39 is 21.9 Å². The molecule has 8 heteroatoms. The number of benzene rings is 2. The zero-order valence-electron chi connectivity index (χ0n) is 18.6. The largest absolute Gasteiger partial charge is 0.465 e. The molecule has 3 aromatic rings. The summed E-state index contributed by atoms with van der Waals surface area (Å²) >= 11 is 0. The lowest BCUT2D eigenvalue weighted by atomic mass is 9.98. The van der Waals surface area contributed by atoms with E-state index in [9.17, 15) is 18.0 Å². The highest BCUT2D eigenvalue weighted by atomic mass is 32.2. The molecule has 2 heterocycles. The number of methoxy groups -OCH3 is 1. The third kappa shape index (κ3) is 5.02. The molecule has 33 heavy (non-hydrogen) atoms. The lowest BCUT2D eigenvalue weighted by molar-refractivity contribution is 0.0603. The number of hydrogen-bond acceptors (Lipinski definition) is 5. The van der Waals surface area contributed by atoms with E-state index in [1.54, 1.807) is 24.3 Å². The van der Waals surface area contributed by atoms with Crippen LogP contribution in [-0.4, -0.2) is 55.1 Å². The van der Waals surface area contributed by atoms with Gasteiger partial charge in [-0.2, -0.15) is 0 Å². The molecule has 0 unspecified atom stereocenters. The molecule has 0 bridgehead atoms. The molecular weight excluding hydrogens is 440 g/mol. The van der Waals surface area contributed by atoms with Gasteiger partial charge in [0.1, 0.15) is 0 Å². The van der Waals surface area contributed by atoms with Gasteiger partial charge in [0, 0.05) is 24.7 Å². The maximum Gasteiger partial charge on any atom is 0.340 e. The molecule has 1 fully saturated rings. The number of carbonyl (C=O) groups is 2. The van der Waals surface area contributed by atoms with Gasteiger partial charge in [-0.15, -0.1) is 0 Å². The summed E-state index contributed by atoms with van der Waals surface area (Å²) in [7, 11) is -2.16. The topological polar surface area (TPSA) is 85.7 Å². The van der Waals surface area contributed by atoms with Crippen LogP contribution < -0.4 is 0 Å². The summed E-state index contributed by atoms with van der Waals surface area (Å²) in [6.07, 6.45) is 3.96.